The van der Waals surface area contributed by atoms with E-state index in [1.54, 1.807) is 0 Å². The predicted molar refractivity (Wildman–Crippen MR) is 69.5 cm³/mol. The quantitative estimate of drug-likeness (QED) is 0.872. The molecule has 0 spiro atoms. The number of nitrogen functional groups attached to an aromatic ring is 1. The van der Waals surface area contributed by atoms with E-state index >= 15 is 0 Å². The first-order valence-corrected chi connectivity index (χ1v) is 6.08. The van der Waals surface area contributed by atoms with Crippen molar-refractivity contribution in [3.05, 3.63) is 35.2 Å². The first-order valence-electron chi connectivity index (χ1n) is 5.20. The second-order valence-electron chi connectivity index (χ2n) is 3.68. The van der Waals surface area contributed by atoms with Gasteiger partial charge in [0.05, 0.1) is 5.69 Å². The molecule has 1 aromatic carbocycles. The van der Waals surface area contributed by atoms with Crippen molar-refractivity contribution in [1.29, 1.82) is 0 Å². The van der Waals surface area contributed by atoms with Crippen molar-refractivity contribution in [3.63, 3.8) is 0 Å². The highest BCUT2D eigenvalue weighted by Gasteiger charge is 2.02. The zero-order valence-electron chi connectivity index (χ0n) is 9.43. The molecule has 0 bridgehead atoms. The van der Waals surface area contributed by atoms with E-state index in [1.165, 1.54) is 18.3 Å². The summed E-state index contributed by atoms with van der Waals surface area (Å²) < 4.78 is 0. The lowest BCUT2D eigenvalue weighted by Crippen LogP contribution is -2.18. The van der Waals surface area contributed by atoms with Crippen LogP contribution in [0.3, 0.4) is 0 Å². The first-order chi connectivity index (χ1) is 8.15. The number of hydrogen-bond acceptors (Lipinski definition) is 4. The van der Waals surface area contributed by atoms with Gasteiger partial charge in [-0.05, 0) is 5.56 Å². The van der Waals surface area contributed by atoms with Gasteiger partial charge in [-0.3, -0.25) is 4.79 Å². The minimum atomic E-state index is -0.0265. The summed E-state index contributed by atoms with van der Waals surface area (Å²) in [6.07, 6.45) is 0. The number of anilines is 1. The molecular formula is C12H13N3OS. The number of nitrogens with zero attached hydrogens (tertiary/aromatic N) is 1. The standard InChI is InChI=1S/C12H13N3OS/c1-8(16)14-6-9-2-4-10(5-3-9)11-7-17-12(13)15-11/h2-5,7H,6H2,1H3,(H2,13,15)(H,14,16). The summed E-state index contributed by atoms with van der Waals surface area (Å²) in [7, 11) is 0. The van der Waals surface area contributed by atoms with Crippen LogP contribution >= 0.6 is 11.3 Å². The fourth-order valence-electron chi connectivity index (χ4n) is 1.44. The zero-order chi connectivity index (χ0) is 12.3. The van der Waals surface area contributed by atoms with E-state index in [0.29, 0.717) is 11.7 Å². The Morgan fingerprint density at radius 1 is 1.41 bits per heavy atom. The fraction of sp³-hybridized carbons (Fsp3) is 0.167. The molecule has 2 aromatic rings. The normalized spacial score (nSPS) is 10.2. The van der Waals surface area contributed by atoms with Crippen LogP contribution in [0.1, 0.15) is 12.5 Å². The molecule has 1 aromatic heterocycles. The Labute approximate surface area is 103 Å². The van der Waals surface area contributed by atoms with Gasteiger partial charge >= 0.3 is 0 Å². The summed E-state index contributed by atoms with van der Waals surface area (Å²) in [5.41, 5.74) is 8.57. The zero-order valence-corrected chi connectivity index (χ0v) is 10.3. The van der Waals surface area contributed by atoms with Crippen LogP contribution in [-0.2, 0) is 11.3 Å². The van der Waals surface area contributed by atoms with Gasteiger partial charge in [0.25, 0.3) is 0 Å². The van der Waals surface area contributed by atoms with Gasteiger partial charge < -0.3 is 11.1 Å². The molecule has 88 valence electrons. The van der Waals surface area contributed by atoms with Gasteiger partial charge in [-0.15, -0.1) is 11.3 Å². The Bertz CT molecular complexity index is 519. The van der Waals surface area contributed by atoms with Gasteiger partial charge in [0.15, 0.2) is 5.13 Å². The number of nitrogens with two attached hydrogens (primary N) is 1. The maximum atomic E-state index is 10.8. The van der Waals surface area contributed by atoms with Crippen molar-refractivity contribution in [2.45, 2.75) is 13.5 Å². The molecule has 2 rings (SSSR count). The highest BCUT2D eigenvalue weighted by molar-refractivity contribution is 7.13. The van der Waals surface area contributed by atoms with E-state index in [0.717, 1.165) is 16.8 Å². The molecule has 3 N–H and O–H groups in total. The number of nitrogens with one attached hydrogen (secondary N) is 1. The van der Waals surface area contributed by atoms with E-state index in [9.17, 15) is 4.79 Å². The SMILES string of the molecule is CC(=O)NCc1ccc(-c2csc(N)n2)cc1. The molecule has 1 heterocycles. The second-order valence-corrected chi connectivity index (χ2v) is 4.57. The molecule has 17 heavy (non-hydrogen) atoms. The molecule has 0 fully saturated rings. The Kier molecular flexibility index (Phi) is 3.39. The van der Waals surface area contributed by atoms with Crippen LogP contribution in [0.25, 0.3) is 11.3 Å². The molecular weight excluding hydrogens is 234 g/mol. The number of aromatic nitrogens is 1. The van der Waals surface area contributed by atoms with Crippen molar-refractivity contribution in [1.82, 2.24) is 10.3 Å². The van der Waals surface area contributed by atoms with Crippen molar-refractivity contribution < 1.29 is 4.79 Å². The number of carbonyl (C=O) groups is 1. The lowest BCUT2D eigenvalue weighted by molar-refractivity contribution is -0.119. The lowest BCUT2D eigenvalue weighted by atomic mass is 10.1. The highest BCUT2D eigenvalue weighted by Crippen LogP contribution is 2.23. The van der Waals surface area contributed by atoms with Gasteiger partial charge in [-0.1, -0.05) is 24.3 Å². The molecule has 0 aliphatic heterocycles. The number of benzene rings is 1. The van der Waals surface area contributed by atoms with Crippen molar-refractivity contribution in [2.24, 2.45) is 0 Å². The largest absolute Gasteiger partial charge is 0.375 e. The van der Waals surface area contributed by atoms with E-state index in [4.69, 9.17) is 5.73 Å². The summed E-state index contributed by atoms with van der Waals surface area (Å²) in [6.45, 7) is 2.06. The smallest absolute Gasteiger partial charge is 0.217 e. The molecule has 0 aliphatic rings. The topological polar surface area (TPSA) is 68.0 Å². The van der Waals surface area contributed by atoms with Crippen LogP contribution in [0.2, 0.25) is 0 Å². The van der Waals surface area contributed by atoms with Gasteiger partial charge in [-0.2, -0.15) is 0 Å². The van der Waals surface area contributed by atoms with Crippen LogP contribution in [0.15, 0.2) is 29.6 Å². The van der Waals surface area contributed by atoms with Crippen molar-refractivity contribution >= 4 is 22.4 Å². The minimum Gasteiger partial charge on any atom is -0.375 e. The fourth-order valence-corrected chi connectivity index (χ4v) is 2.01. The Balaban J connectivity index is 2.10. The molecule has 0 saturated heterocycles. The number of carbonyl (C=O) groups excluding carboxylic acids is 1. The second kappa shape index (κ2) is 4.97. The van der Waals surface area contributed by atoms with Gasteiger partial charge in [0, 0.05) is 24.4 Å². The summed E-state index contributed by atoms with van der Waals surface area (Å²) in [5.74, 6) is -0.0265. The molecule has 0 radical (unpaired) electrons. The molecule has 5 heteroatoms. The van der Waals surface area contributed by atoms with E-state index in [-0.39, 0.29) is 5.91 Å². The monoisotopic (exact) mass is 247 g/mol. The summed E-state index contributed by atoms with van der Waals surface area (Å²) in [6, 6.07) is 7.90. The summed E-state index contributed by atoms with van der Waals surface area (Å²) in [4.78, 5) is 15.0. The number of amides is 1. The molecule has 0 aliphatic carbocycles. The number of thiazole rings is 1. The maximum Gasteiger partial charge on any atom is 0.217 e. The molecule has 1 amide bonds. The minimum absolute atomic E-state index is 0.0265. The average Bonchev–Trinajstić information content (AvgIpc) is 2.74. The summed E-state index contributed by atoms with van der Waals surface area (Å²) in [5, 5.41) is 5.25. The predicted octanol–water partition coefficient (Wildman–Crippen LogP) is 2.03. The Morgan fingerprint density at radius 2 is 2.12 bits per heavy atom. The molecule has 0 atom stereocenters. The van der Waals surface area contributed by atoms with Crippen LogP contribution in [0.5, 0.6) is 0 Å². The molecule has 4 nitrogen and oxygen atoms in total. The Hall–Kier alpha value is -1.88. The van der Waals surface area contributed by atoms with Gasteiger partial charge in [0.1, 0.15) is 0 Å². The number of hydrogen-bond donors (Lipinski definition) is 2. The lowest BCUT2D eigenvalue weighted by Gasteiger charge is -2.03. The Morgan fingerprint density at radius 3 is 2.65 bits per heavy atom. The van der Waals surface area contributed by atoms with Gasteiger partial charge in [-0.25, -0.2) is 4.98 Å². The van der Waals surface area contributed by atoms with E-state index in [2.05, 4.69) is 10.3 Å². The van der Waals surface area contributed by atoms with Crippen LogP contribution < -0.4 is 11.1 Å². The highest BCUT2D eigenvalue weighted by atomic mass is 32.1. The molecule has 0 saturated carbocycles. The third-order valence-corrected chi connectivity index (χ3v) is 2.99. The van der Waals surface area contributed by atoms with Crippen LogP contribution in [0, 0.1) is 0 Å². The van der Waals surface area contributed by atoms with Crippen LogP contribution in [-0.4, -0.2) is 10.9 Å². The number of rotatable bonds is 3. The van der Waals surface area contributed by atoms with E-state index in [1.807, 2.05) is 29.6 Å². The van der Waals surface area contributed by atoms with Crippen molar-refractivity contribution in [3.8, 4) is 11.3 Å². The third-order valence-electron chi connectivity index (χ3n) is 2.31. The van der Waals surface area contributed by atoms with E-state index < -0.39 is 0 Å². The average molecular weight is 247 g/mol. The molecule has 0 unspecified atom stereocenters. The van der Waals surface area contributed by atoms with Crippen LogP contribution in [0.4, 0.5) is 5.13 Å². The maximum absolute atomic E-state index is 10.8. The van der Waals surface area contributed by atoms with Gasteiger partial charge in [0.2, 0.25) is 5.91 Å². The first kappa shape index (κ1) is 11.6. The summed E-state index contributed by atoms with van der Waals surface area (Å²) >= 11 is 1.43. The third kappa shape index (κ3) is 3.04. The van der Waals surface area contributed by atoms with Crippen molar-refractivity contribution in [2.75, 3.05) is 5.73 Å².